The Kier molecular flexibility index (Phi) is 4.75. The summed E-state index contributed by atoms with van der Waals surface area (Å²) in [5.74, 6) is -0.580. The SMILES string of the molecule is Cc1ccc(CNC(=O)c2ccc3c(c2)C[C@@H](C)N3S(C)(=O)=O)cc1F. The Labute approximate surface area is 152 Å². The third kappa shape index (κ3) is 3.58. The highest BCUT2D eigenvalue weighted by atomic mass is 32.2. The Morgan fingerprint density at radius 3 is 2.65 bits per heavy atom. The van der Waals surface area contributed by atoms with Crippen LogP contribution in [0.4, 0.5) is 10.1 Å². The molecule has 2 aromatic rings. The zero-order valence-electron chi connectivity index (χ0n) is 14.9. The van der Waals surface area contributed by atoms with Crippen LogP contribution in [0.2, 0.25) is 0 Å². The second-order valence-corrected chi connectivity index (χ2v) is 8.58. The first kappa shape index (κ1) is 18.4. The van der Waals surface area contributed by atoms with E-state index in [1.54, 1.807) is 37.3 Å². The highest BCUT2D eigenvalue weighted by molar-refractivity contribution is 7.92. The van der Waals surface area contributed by atoms with Crippen molar-refractivity contribution in [1.29, 1.82) is 0 Å². The van der Waals surface area contributed by atoms with E-state index in [1.165, 1.54) is 16.6 Å². The van der Waals surface area contributed by atoms with Gasteiger partial charge in [0.25, 0.3) is 5.91 Å². The molecular weight excluding hydrogens is 355 g/mol. The van der Waals surface area contributed by atoms with Crippen LogP contribution in [0.25, 0.3) is 0 Å². The lowest BCUT2D eigenvalue weighted by Gasteiger charge is -2.21. The predicted octanol–water partition coefficient (Wildman–Crippen LogP) is 2.77. The molecule has 0 unspecified atom stereocenters. The van der Waals surface area contributed by atoms with Crippen molar-refractivity contribution in [1.82, 2.24) is 5.32 Å². The van der Waals surface area contributed by atoms with Gasteiger partial charge < -0.3 is 5.32 Å². The normalized spacial score (nSPS) is 16.5. The molecular formula is C19H21FN2O3S. The van der Waals surface area contributed by atoms with Gasteiger partial charge >= 0.3 is 0 Å². The van der Waals surface area contributed by atoms with Crippen LogP contribution in [0.5, 0.6) is 0 Å². The van der Waals surface area contributed by atoms with Gasteiger partial charge in [0.1, 0.15) is 5.82 Å². The number of anilines is 1. The van der Waals surface area contributed by atoms with Crippen LogP contribution < -0.4 is 9.62 Å². The molecule has 0 aromatic heterocycles. The van der Waals surface area contributed by atoms with E-state index in [-0.39, 0.29) is 24.3 Å². The monoisotopic (exact) mass is 376 g/mol. The average Bonchev–Trinajstić information content (AvgIpc) is 2.90. The van der Waals surface area contributed by atoms with Gasteiger partial charge in [-0.15, -0.1) is 0 Å². The van der Waals surface area contributed by atoms with E-state index in [0.717, 1.165) is 5.56 Å². The number of sulfonamides is 1. The summed E-state index contributed by atoms with van der Waals surface area (Å²) in [4.78, 5) is 12.4. The van der Waals surface area contributed by atoms with Gasteiger partial charge in [0.2, 0.25) is 10.0 Å². The number of rotatable bonds is 4. The maximum atomic E-state index is 13.6. The van der Waals surface area contributed by atoms with E-state index in [4.69, 9.17) is 0 Å². The molecule has 26 heavy (non-hydrogen) atoms. The number of hydrogen-bond donors (Lipinski definition) is 1. The van der Waals surface area contributed by atoms with E-state index in [0.29, 0.717) is 28.8 Å². The number of benzene rings is 2. The molecule has 1 heterocycles. The van der Waals surface area contributed by atoms with Crippen LogP contribution in [-0.4, -0.2) is 26.6 Å². The van der Waals surface area contributed by atoms with Gasteiger partial charge in [-0.1, -0.05) is 12.1 Å². The molecule has 1 atom stereocenters. The van der Waals surface area contributed by atoms with Crippen molar-refractivity contribution in [3.8, 4) is 0 Å². The molecule has 1 amide bonds. The Bertz CT molecular complexity index is 973. The zero-order valence-corrected chi connectivity index (χ0v) is 15.7. The zero-order chi connectivity index (χ0) is 19.1. The maximum Gasteiger partial charge on any atom is 0.251 e. The van der Waals surface area contributed by atoms with Crippen molar-refractivity contribution in [3.05, 3.63) is 64.5 Å². The van der Waals surface area contributed by atoms with Crippen LogP contribution in [-0.2, 0) is 23.0 Å². The fourth-order valence-electron chi connectivity index (χ4n) is 3.28. The summed E-state index contributed by atoms with van der Waals surface area (Å²) < 4.78 is 38.9. The minimum Gasteiger partial charge on any atom is -0.348 e. The number of aryl methyl sites for hydroxylation is 1. The third-order valence-electron chi connectivity index (χ3n) is 4.54. The Morgan fingerprint density at radius 2 is 2.00 bits per heavy atom. The number of amides is 1. The molecule has 1 aliphatic rings. The largest absolute Gasteiger partial charge is 0.348 e. The molecule has 138 valence electrons. The third-order valence-corrected chi connectivity index (χ3v) is 5.81. The van der Waals surface area contributed by atoms with Crippen LogP contribution in [0, 0.1) is 12.7 Å². The summed E-state index contributed by atoms with van der Waals surface area (Å²) in [5, 5.41) is 2.77. The quantitative estimate of drug-likeness (QED) is 0.892. The molecule has 1 N–H and O–H groups in total. The molecule has 5 nitrogen and oxygen atoms in total. The van der Waals surface area contributed by atoms with Gasteiger partial charge in [-0.3, -0.25) is 9.10 Å². The highest BCUT2D eigenvalue weighted by Gasteiger charge is 2.32. The summed E-state index contributed by atoms with van der Waals surface area (Å²) in [5.41, 5.74) is 3.15. The van der Waals surface area contributed by atoms with Crippen LogP contribution in [0.1, 0.15) is 34.0 Å². The number of nitrogens with one attached hydrogen (secondary N) is 1. The minimum absolute atomic E-state index is 0.172. The highest BCUT2D eigenvalue weighted by Crippen LogP contribution is 2.34. The molecule has 1 aliphatic heterocycles. The molecule has 0 spiro atoms. The van der Waals surface area contributed by atoms with E-state index >= 15 is 0 Å². The van der Waals surface area contributed by atoms with Crippen molar-refractivity contribution in [2.75, 3.05) is 10.6 Å². The molecule has 2 aromatic carbocycles. The van der Waals surface area contributed by atoms with Gasteiger partial charge in [0.15, 0.2) is 0 Å². The summed E-state index contributed by atoms with van der Waals surface area (Å²) in [6.45, 7) is 3.74. The first-order chi connectivity index (χ1) is 12.2. The number of fused-ring (bicyclic) bond motifs is 1. The second kappa shape index (κ2) is 6.72. The summed E-state index contributed by atoms with van der Waals surface area (Å²) in [6, 6.07) is 9.68. The second-order valence-electron chi connectivity index (χ2n) is 6.72. The summed E-state index contributed by atoms with van der Waals surface area (Å²) in [7, 11) is -3.35. The van der Waals surface area contributed by atoms with Crippen LogP contribution in [0.3, 0.4) is 0 Å². The standard InChI is InChI=1S/C19H21FN2O3S/c1-12-4-5-14(9-17(12)20)11-21-19(23)15-6-7-18-16(10-15)8-13(2)22(18)26(3,24)25/h4-7,9-10,13H,8,11H2,1-3H3,(H,21,23)/t13-/m1/s1. The first-order valence-electron chi connectivity index (χ1n) is 8.32. The lowest BCUT2D eigenvalue weighted by atomic mass is 10.1. The first-order valence-corrected chi connectivity index (χ1v) is 10.2. The number of halogens is 1. The van der Waals surface area contributed by atoms with E-state index < -0.39 is 10.0 Å². The van der Waals surface area contributed by atoms with Crippen molar-refractivity contribution in [2.24, 2.45) is 0 Å². The lowest BCUT2D eigenvalue weighted by molar-refractivity contribution is 0.0950. The summed E-state index contributed by atoms with van der Waals surface area (Å²) >= 11 is 0. The van der Waals surface area contributed by atoms with Crippen LogP contribution >= 0.6 is 0 Å². The smallest absolute Gasteiger partial charge is 0.251 e. The number of carbonyl (C=O) groups excluding carboxylic acids is 1. The van der Waals surface area contributed by atoms with Crippen molar-refractivity contribution in [2.45, 2.75) is 32.9 Å². The van der Waals surface area contributed by atoms with Gasteiger partial charge in [0, 0.05) is 18.2 Å². The molecule has 0 saturated heterocycles. The lowest BCUT2D eigenvalue weighted by Crippen LogP contribution is -2.34. The Morgan fingerprint density at radius 1 is 1.27 bits per heavy atom. The van der Waals surface area contributed by atoms with Crippen molar-refractivity contribution < 1.29 is 17.6 Å². The Hall–Kier alpha value is -2.41. The van der Waals surface area contributed by atoms with Gasteiger partial charge in [-0.2, -0.15) is 0 Å². The van der Waals surface area contributed by atoms with Gasteiger partial charge in [-0.25, -0.2) is 12.8 Å². The van der Waals surface area contributed by atoms with Crippen LogP contribution in [0.15, 0.2) is 36.4 Å². The molecule has 0 aliphatic carbocycles. The molecule has 0 radical (unpaired) electrons. The maximum absolute atomic E-state index is 13.6. The topological polar surface area (TPSA) is 66.5 Å². The molecule has 0 bridgehead atoms. The van der Waals surface area contributed by atoms with Gasteiger partial charge in [0.05, 0.1) is 11.9 Å². The fraction of sp³-hybridized carbons (Fsp3) is 0.316. The minimum atomic E-state index is -3.35. The molecule has 0 saturated carbocycles. The number of nitrogens with zero attached hydrogens (tertiary/aromatic N) is 1. The van der Waals surface area contributed by atoms with E-state index in [2.05, 4.69) is 5.32 Å². The fourth-order valence-corrected chi connectivity index (χ4v) is 4.54. The van der Waals surface area contributed by atoms with E-state index in [1.807, 2.05) is 6.92 Å². The van der Waals surface area contributed by atoms with Crippen molar-refractivity contribution in [3.63, 3.8) is 0 Å². The number of hydrogen-bond acceptors (Lipinski definition) is 3. The molecule has 3 rings (SSSR count). The molecule has 0 fully saturated rings. The van der Waals surface area contributed by atoms with Crippen molar-refractivity contribution >= 4 is 21.6 Å². The summed E-state index contributed by atoms with van der Waals surface area (Å²) in [6.07, 6.45) is 1.74. The molecule has 7 heteroatoms. The van der Waals surface area contributed by atoms with E-state index in [9.17, 15) is 17.6 Å². The average molecular weight is 376 g/mol. The Balaban J connectivity index is 1.75. The predicted molar refractivity (Wildman–Crippen MR) is 99.2 cm³/mol. The van der Waals surface area contributed by atoms with Gasteiger partial charge in [-0.05, 0) is 61.2 Å². The number of carbonyl (C=O) groups is 1.